The Labute approximate surface area is 123 Å². The number of rotatable bonds is 2. The van der Waals surface area contributed by atoms with Crippen molar-refractivity contribution in [3.05, 3.63) is 29.8 Å². The zero-order valence-corrected chi connectivity index (χ0v) is 12.0. The van der Waals surface area contributed by atoms with Gasteiger partial charge in [0.2, 0.25) is 5.95 Å². The minimum atomic E-state index is -0.635. The summed E-state index contributed by atoms with van der Waals surface area (Å²) in [7, 11) is 1.68. The standard InChI is InChI=1S/C15H19FN2O3/c1-20-12-8-15(21-9-12)4-2-6-18(10-15)14(19)11-3-5-17-13(16)7-11/h3,5,7,12H,2,4,6,8-10H2,1H3/t12-,15+/m0/s1. The van der Waals surface area contributed by atoms with Crippen LogP contribution in [0.5, 0.6) is 0 Å². The first kappa shape index (κ1) is 14.4. The summed E-state index contributed by atoms with van der Waals surface area (Å²) < 4.78 is 24.4. The van der Waals surface area contributed by atoms with E-state index in [2.05, 4.69) is 4.98 Å². The zero-order valence-electron chi connectivity index (χ0n) is 12.0. The number of likely N-dealkylation sites (tertiary alicyclic amines) is 1. The Hall–Kier alpha value is -1.53. The predicted octanol–water partition coefficient (Wildman–Crippen LogP) is 1.63. The summed E-state index contributed by atoms with van der Waals surface area (Å²) in [5.74, 6) is -0.802. The Balaban J connectivity index is 1.73. The van der Waals surface area contributed by atoms with Gasteiger partial charge in [-0.1, -0.05) is 0 Å². The molecule has 1 aromatic heterocycles. The molecule has 0 radical (unpaired) electrons. The molecule has 2 saturated heterocycles. The highest BCUT2D eigenvalue weighted by Gasteiger charge is 2.44. The molecule has 2 fully saturated rings. The second-order valence-corrected chi connectivity index (χ2v) is 5.75. The van der Waals surface area contributed by atoms with Gasteiger partial charge in [0.1, 0.15) is 0 Å². The van der Waals surface area contributed by atoms with Crippen molar-refractivity contribution in [3.8, 4) is 0 Å². The molecule has 3 heterocycles. The molecule has 2 aliphatic rings. The van der Waals surface area contributed by atoms with Crippen molar-refractivity contribution >= 4 is 5.91 Å². The largest absolute Gasteiger partial charge is 0.379 e. The van der Waals surface area contributed by atoms with E-state index in [9.17, 15) is 9.18 Å². The molecule has 1 amide bonds. The molecular weight excluding hydrogens is 275 g/mol. The number of aromatic nitrogens is 1. The number of carbonyl (C=O) groups is 1. The molecule has 2 aliphatic heterocycles. The van der Waals surface area contributed by atoms with Crippen LogP contribution < -0.4 is 0 Å². The molecule has 21 heavy (non-hydrogen) atoms. The third kappa shape index (κ3) is 2.91. The Bertz CT molecular complexity index is 539. The number of hydrogen-bond acceptors (Lipinski definition) is 4. The minimum absolute atomic E-state index is 0.0958. The number of halogens is 1. The van der Waals surface area contributed by atoms with Gasteiger partial charge in [0.15, 0.2) is 0 Å². The predicted molar refractivity (Wildman–Crippen MR) is 73.4 cm³/mol. The molecule has 2 atom stereocenters. The SMILES string of the molecule is CO[C@@H]1CO[C@]2(CCCN(C(=O)c3ccnc(F)c3)C2)C1. The quantitative estimate of drug-likeness (QED) is 0.778. The molecule has 3 rings (SSSR count). The summed E-state index contributed by atoms with van der Waals surface area (Å²) in [5.41, 5.74) is 0.0287. The van der Waals surface area contributed by atoms with Gasteiger partial charge in [-0.15, -0.1) is 0 Å². The van der Waals surface area contributed by atoms with Crippen LogP contribution in [-0.4, -0.2) is 54.3 Å². The van der Waals surface area contributed by atoms with E-state index in [0.717, 1.165) is 19.3 Å². The molecule has 114 valence electrons. The minimum Gasteiger partial charge on any atom is -0.379 e. The lowest BCUT2D eigenvalue weighted by molar-refractivity contribution is -0.0458. The summed E-state index contributed by atoms with van der Waals surface area (Å²) in [6, 6.07) is 2.72. The number of nitrogens with zero attached hydrogens (tertiary/aromatic N) is 2. The molecule has 0 saturated carbocycles. The molecule has 0 aromatic carbocycles. The summed E-state index contributed by atoms with van der Waals surface area (Å²) in [5, 5.41) is 0. The number of carbonyl (C=O) groups excluding carboxylic acids is 1. The summed E-state index contributed by atoms with van der Waals surface area (Å²) >= 11 is 0. The van der Waals surface area contributed by atoms with Crippen molar-refractivity contribution in [2.45, 2.75) is 31.0 Å². The van der Waals surface area contributed by atoms with Crippen LogP contribution in [-0.2, 0) is 9.47 Å². The normalized spacial score (nSPS) is 29.0. The van der Waals surface area contributed by atoms with Crippen molar-refractivity contribution in [1.29, 1.82) is 0 Å². The van der Waals surface area contributed by atoms with Crippen molar-refractivity contribution in [2.24, 2.45) is 0 Å². The molecule has 5 nitrogen and oxygen atoms in total. The number of methoxy groups -OCH3 is 1. The van der Waals surface area contributed by atoms with E-state index in [-0.39, 0.29) is 17.6 Å². The van der Waals surface area contributed by atoms with Crippen LogP contribution in [0.3, 0.4) is 0 Å². The van der Waals surface area contributed by atoms with Gasteiger partial charge in [-0.2, -0.15) is 4.39 Å². The smallest absolute Gasteiger partial charge is 0.254 e. The molecule has 1 spiro atoms. The third-order valence-corrected chi connectivity index (χ3v) is 4.31. The van der Waals surface area contributed by atoms with E-state index in [1.807, 2.05) is 0 Å². The van der Waals surface area contributed by atoms with Gasteiger partial charge in [0.25, 0.3) is 5.91 Å². The fraction of sp³-hybridized carbons (Fsp3) is 0.600. The average Bonchev–Trinajstić information content (AvgIpc) is 2.89. The molecule has 0 bridgehead atoms. The van der Waals surface area contributed by atoms with Crippen LogP contribution in [0, 0.1) is 5.95 Å². The number of piperidine rings is 1. The van der Waals surface area contributed by atoms with Crippen LogP contribution in [0.1, 0.15) is 29.6 Å². The first-order valence-corrected chi connectivity index (χ1v) is 7.19. The van der Waals surface area contributed by atoms with E-state index in [0.29, 0.717) is 25.3 Å². The second kappa shape index (κ2) is 5.69. The monoisotopic (exact) mass is 294 g/mol. The molecule has 0 aliphatic carbocycles. The summed E-state index contributed by atoms with van der Waals surface area (Å²) in [6.07, 6.45) is 4.03. The first-order chi connectivity index (χ1) is 10.1. The lowest BCUT2D eigenvalue weighted by atomic mass is 9.89. The highest BCUT2D eigenvalue weighted by molar-refractivity contribution is 5.94. The van der Waals surface area contributed by atoms with Crippen LogP contribution in [0.25, 0.3) is 0 Å². The number of pyridine rings is 1. The van der Waals surface area contributed by atoms with Crippen molar-refractivity contribution in [1.82, 2.24) is 9.88 Å². The zero-order chi connectivity index (χ0) is 14.9. The van der Waals surface area contributed by atoms with Gasteiger partial charge in [0, 0.05) is 37.9 Å². The van der Waals surface area contributed by atoms with E-state index in [1.54, 1.807) is 18.1 Å². The summed E-state index contributed by atoms with van der Waals surface area (Å²) in [4.78, 5) is 17.7. The maximum atomic E-state index is 13.2. The van der Waals surface area contributed by atoms with Crippen molar-refractivity contribution in [2.75, 3.05) is 26.8 Å². The Kier molecular flexibility index (Phi) is 3.91. The Morgan fingerprint density at radius 1 is 1.62 bits per heavy atom. The van der Waals surface area contributed by atoms with Gasteiger partial charge in [-0.25, -0.2) is 4.98 Å². The molecule has 1 aromatic rings. The molecular formula is C15H19FN2O3. The van der Waals surface area contributed by atoms with Crippen LogP contribution in [0.2, 0.25) is 0 Å². The Morgan fingerprint density at radius 2 is 2.48 bits per heavy atom. The topological polar surface area (TPSA) is 51.7 Å². The maximum Gasteiger partial charge on any atom is 0.254 e. The van der Waals surface area contributed by atoms with E-state index in [1.165, 1.54) is 12.3 Å². The van der Waals surface area contributed by atoms with Gasteiger partial charge >= 0.3 is 0 Å². The highest BCUT2D eigenvalue weighted by Crippen LogP contribution is 2.36. The maximum absolute atomic E-state index is 13.2. The number of amides is 1. The van der Waals surface area contributed by atoms with Crippen LogP contribution in [0.4, 0.5) is 4.39 Å². The lowest BCUT2D eigenvalue weighted by Gasteiger charge is -2.39. The van der Waals surface area contributed by atoms with E-state index >= 15 is 0 Å². The van der Waals surface area contributed by atoms with Gasteiger partial charge in [-0.3, -0.25) is 4.79 Å². The second-order valence-electron chi connectivity index (χ2n) is 5.75. The van der Waals surface area contributed by atoms with Crippen molar-refractivity contribution < 1.29 is 18.7 Å². The number of ether oxygens (including phenoxy) is 2. The summed E-state index contributed by atoms with van der Waals surface area (Å²) in [6.45, 7) is 1.78. The van der Waals surface area contributed by atoms with Gasteiger partial charge in [-0.05, 0) is 18.9 Å². The van der Waals surface area contributed by atoms with Gasteiger partial charge < -0.3 is 14.4 Å². The van der Waals surface area contributed by atoms with E-state index in [4.69, 9.17) is 9.47 Å². The molecule has 6 heteroatoms. The number of hydrogen-bond donors (Lipinski definition) is 0. The van der Waals surface area contributed by atoms with Gasteiger partial charge in [0.05, 0.1) is 24.9 Å². The average molecular weight is 294 g/mol. The fourth-order valence-electron chi connectivity index (χ4n) is 3.23. The van der Waals surface area contributed by atoms with E-state index < -0.39 is 5.95 Å². The fourth-order valence-corrected chi connectivity index (χ4v) is 3.23. The van der Waals surface area contributed by atoms with Crippen LogP contribution in [0.15, 0.2) is 18.3 Å². The molecule has 0 unspecified atom stereocenters. The Morgan fingerprint density at radius 3 is 3.19 bits per heavy atom. The first-order valence-electron chi connectivity index (χ1n) is 7.19. The lowest BCUT2D eigenvalue weighted by Crippen LogP contribution is -2.50. The molecule has 0 N–H and O–H groups in total. The highest BCUT2D eigenvalue weighted by atomic mass is 19.1. The van der Waals surface area contributed by atoms with Crippen LogP contribution >= 0.6 is 0 Å². The van der Waals surface area contributed by atoms with Crippen molar-refractivity contribution in [3.63, 3.8) is 0 Å². The third-order valence-electron chi connectivity index (χ3n) is 4.31.